The number of carbonyl (C=O) groups is 2. The van der Waals surface area contributed by atoms with Gasteiger partial charge in [0.15, 0.2) is 0 Å². The van der Waals surface area contributed by atoms with Gasteiger partial charge >= 0.3 is 0 Å². The first kappa shape index (κ1) is 10.8. The lowest BCUT2D eigenvalue weighted by Crippen LogP contribution is -2.62. The van der Waals surface area contributed by atoms with Gasteiger partial charge in [-0.2, -0.15) is 0 Å². The molecule has 4 N–H and O–H groups in total. The Hall–Kier alpha value is -1.24. The summed E-state index contributed by atoms with van der Waals surface area (Å²) in [6, 6.07) is -1.11. The number of primary amides is 1. The number of halogens is 2. The van der Waals surface area contributed by atoms with Crippen molar-refractivity contribution in [1.29, 1.82) is 0 Å². The first-order valence-corrected chi connectivity index (χ1v) is 4.02. The van der Waals surface area contributed by atoms with Gasteiger partial charge in [0.1, 0.15) is 0 Å². The zero-order valence-corrected chi connectivity index (χ0v) is 7.37. The summed E-state index contributed by atoms with van der Waals surface area (Å²) >= 11 is 0. The zero-order chi connectivity index (χ0) is 10.9. The summed E-state index contributed by atoms with van der Waals surface area (Å²) in [5, 5.41) is 0. The Morgan fingerprint density at radius 3 is 2.29 bits per heavy atom. The van der Waals surface area contributed by atoms with Gasteiger partial charge in [-0.3, -0.25) is 9.59 Å². The summed E-state index contributed by atoms with van der Waals surface area (Å²) in [6.07, 6.45) is -0.319. The third kappa shape index (κ3) is 2.38. The van der Waals surface area contributed by atoms with Crippen LogP contribution in [0.2, 0.25) is 0 Å². The van der Waals surface area contributed by atoms with E-state index in [2.05, 4.69) is 0 Å². The number of carbonyl (C=O) groups excluding carboxylic acids is 2. The van der Waals surface area contributed by atoms with Crippen molar-refractivity contribution in [2.24, 2.45) is 11.5 Å². The highest BCUT2D eigenvalue weighted by atomic mass is 19.3. The fourth-order valence-electron chi connectivity index (χ4n) is 1.21. The van der Waals surface area contributed by atoms with E-state index in [1.165, 1.54) is 0 Å². The fourth-order valence-corrected chi connectivity index (χ4v) is 1.21. The van der Waals surface area contributed by atoms with Gasteiger partial charge in [0, 0.05) is 0 Å². The first-order valence-electron chi connectivity index (χ1n) is 4.02. The number of nitrogens with zero attached hydrogens (tertiary/aromatic N) is 1. The average molecular weight is 207 g/mol. The standard InChI is InChI=1S/C7H11F2N3O2/c8-7(9)2-12(3-7)6(14)4(10)1-5(11)13/h4H,1-3,10H2,(H2,11,13)/t4-/m0/s1. The molecule has 1 rings (SSSR count). The van der Waals surface area contributed by atoms with Crippen molar-refractivity contribution >= 4 is 11.8 Å². The number of amides is 2. The summed E-state index contributed by atoms with van der Waals surface area (Å²) in [5.41, 5.74) is 10.1. The van der Waals surface area contributed by atoms with Crippen LogP contribution in [0.15, 0.2) is 0 Å². The molecular weight excluding hydrogens is 196 g/mol. The molecule has 7 heteroatoms. The second kappa shape index (κ2) is 3.49. The van der Waals surface area contributed by atoms with E-state index in [0.29, 0.717) is 0 Å². The van der Waals surface area contributed by atoms with Crippen molar-refractivity contribution in [3.05, 3.63) is 0 Å². The summed E-state index contributed by atoms with van der Waals surface area (Å²) < 4.78 is 24.7. The zero-order valence-electron chi connectivity index (χ0n) is 7.37. The second-order valence-corrected chi connectivity index (χ2v) is 3.33. The molecule has 5 nitrogen and oxygen atoms in total. The number of hydrogen-bond acceptors (Lipinski definition) is 3. The highest BCUT2D eigenvalue weighted by Crippen LogP contribution is 2.26. The van der Waals surface area contributed by atoms with Crippen LogP contribution in [0.1, 0.15) is 6.42 Å². The van der Waals surface area contributed by atoms with E-state index in [9.17, 15) is 18.4 Å². The molecule has 1 heterocycles. The lowest BCUT2D eigenvalue weighted by molar-refractivity contribution is -0.167. The summed E-state index contributed by atoms with van der Waals surface area (Å²) in [7, 11) is 0. The van der Waals surface area contributed by atoms with E-state index in [1.807, 2.05) is 0 Å². The topological polar surface area (TPSA) is 89.4 Å². The molecule has 1 aliphatic rings. The maximum Gasteiger partial charge on any atom is 0.282 e. The molecule has 14 heavy (non-hydrogen) atoms. The molecule has 0 aromatic heterocycles. The van der Waals surface area contributed by atoms with Crippen LogP contribution in [-0.2, 0) is 9.59 Å². The maximum atomic E-state index is 12.3. The molecule has 0 radical (unpaired) electrons. The van der Waals surface area contributed by atoms with Gasteiger partial charge < -0.3 is 16.4 Å². The number of hydrogen-bond donors (Lipinski definition) is 2. The third-order valence-electron chi connectivity index (χ3n) is 1.89. The first-order chi connectivity index (χ1) is 6.32. The fraction of sp³-hybridized carbons (Fsp3) is 0.714. The predicted molar refractivity (Wildman–Crippen MR) is 43.3 cm³/mol. The van der Waals surface area contributed by atoms with Crippen LogP contribution in [0.25, 0.3) is 0 Å². The van der Waals surface area contributed by atoms with Crippen LogP contribution in [0.4, 0.5) is 8.78 Å². The molecule has 0 unspecified atom stereocenters. The van der Waals surface area contributed by atoms with Crippen molar-refractivity contribution in [2.75, 3.05) is 13.1 Å². The van der Waals surface area contributed by atoms with Gasteiger partial charge in [-0.15, -0.1) is 0 Å². The van der Waals surface area contributed by atoms with E-state index in [0.717, 1.165) is 4.90 Å². The summed E-state index contributed by atoms with van der Waals surface area (Å²) in [5.74, 6) is -4.20. The number of likely N-dealkylation sites (tertiary alicyclic amines) is 1. The van der Waals surface area contributed by atoms with Crippen LogP contribution in [0, 0.1) is 0 Å². The van der Waals surface area contributed by atoms with E-state index < -0.39 is 36.9 Å². The Bertz CT molecular complexity index is 262. The Kier molecular flexibility index (Phi) is 2.70. The normalized spacial score (nSPS) is 21.2. The summed E-state index contributed by atoms with van der Waals surface area (Å²) in [4.78, 5) is 22.5. The molecule has 0 aliphatic carbocycles. The van der Waals surface area contributed by atoms with Crippen LogP contribution in [0.5, 0.6) is 0 Å². The quantitative estimate of drug-likeness (QED) is 0.600. The minimum absolute atomic E-state index is 0.319. The third-order valence-corrected chi connectivity index (χ3v) is 1.89. The lowest BCUT2D eigenvalue weighted by atomic mass is 10.1. The van der Waals surface area contributed by atoms with Crippen LogP contribution >= 0.6 is 0 Å². The van der Waals surface area contributed by atoms with Crippen LogP contribution in [-0.4, -0.2) is 41.8 Å². The largest absolute Gasteiger partial charge is 0.370 e. The van der Waals surface area contributed by atoms with Gasteiger partial charge in [-0.1, -0.05) is 0 Å². The smallest absolute Gasteiger partial charge is 0.282 e. The molecule has 0 aromatic carbocycles. The molecule has 2 amide bonds. The Morgan fingerprint density at radius 1 is 1.43 bits per heavy atom. The average Bonchev–Trinajstić information content (AvgIpc) is 1.97. The van der Waals surface area contributed by atoms with E-state index in [4.69, 9.17) is 11.5 Å². The molecule has 1 atom stereocenters. The molecule has 1 aliphatic heterocycles. The molecule has 0 saturated carbocycles. The lowest BCUT2D eigenvalue weighted by Gasteiger charge is -2.39. The Labute approximate surface area is 79.0 Å². The van der Waals surface area contributed by atoms with Gasteiger partial charge in [0.05, 0.1) is 25.6 Å². The highest BCUT2D eigenvalue weighted by Gasteiger charge is 2.47. The van der Waals surface area contributed by atoms with E-state index in [1.54, 1.807) is 0 Å². The summed E-state index contributed by atoms with van der Waals surface area (Å²) in [6.45, 7) is -1.25. The molecule has 0 bridgehead atoms. The number of alkyl halides is 2. The van der Waals surface area contributed by atoms with Gasteiger partial charge in [-0.05, 0) is 0 Å². The molecule has 0 aromatic rings. The molecule has 80 valence electrons. The molecule has 1 saturated heterocycles. The second-order valence-electron chi connectivity index (χ2n) is 3.33. The van der Waals surface area contributed by atoms with E-state index >= 15 is 0 Å². The van der Waals surface area contributed by atoms with Crippen molar-refractivity contribution in [2.45, 2.75) is 18.4 Å². The predicted octanol–water partition coefficient (Wildman–Crippen LogP) is -1.33. The van der Waals surface area contributed by atoms with E-state index in [-0.39, 0.29) is 6.42 Å². The van der Waals surface area contributed by atoms with Crippen molar-refractivity contribution in [1.82, 2.24) is 4.90 Å². The van der Waals surface area contributed by atoms with Crippen LogP contribution in [0.3, 0.4) is 0 Å². The van der Waals surface area contributed by atoms with Gasteiger partial charge in [0.2, 0.25) is 11.8 Å². The van der Waals surface area contributed by atoms with Crippen molar-refractivity contribution < 1.29 is 18.4 Å². The molecular formula is C7H11F2N3O2. The number of rotatable bonds is 3. The van der Waals surface area contributed by atoms with Crippen molar-refractivity contribution in [3.63, 3.8) is 0 Å². The van der Waals surface area contributed by atoms with Crippen LogP contribution < -0.4 is 11.5 Å². The minimum Gasteiger partial charge on any atom is -0.370 e. The monoisotopic (exact) mass is 207 g/mol. The van der Waals surface area contributed by atoms with Gasteiger partial charge in [-0.25, -0.2) is 8.78 Å². The SMILES string of the molecule is NC(=O)C[C@H](N)C(=O)N1CC(F)(F)C1. The Balaban J connectivity index is 2.40. The highest BCUT2D eigenvalue weighted by molar-refractivity contribution is 5.88. The molecule has 1 fully saturated rings. The minimum atomic E-state index is -2.82. The number of nitrogens with two attached hydrogens (primary N) is 2. The Morgan fingerprint density at radius 2 is 1.93 bits per heavy atom. The maximum absolute atomic E-state index is 12.3. The van der Waals surface area contributed by atoms with Crippen molar-refractivity contribution in [3.8, 4) is 0 Å². The van der Waals surface area contributed by atoms with Gasteiger partial charge in [0.25, 0.3) is 5.92 Å². The molecule has 0 spiro atoms.